The summed E-state index contributed by atoms with van der Waals surface area (Å²) < 4.78 is 11.8. The lowest BCUT2D eigenvalue weighted by molar-refractivity contribution is -0.527. The summed E-state index contributed by atoms with van der Waals surface area (Å²) in [7, 11) is 1.33. The van der Waals surface area contributed by atoms with E-state index in [1.807, 2.05) is 41.2 Å². The highest BCUT2D eigenvalue weighted by atomic mass is 32.1. The Morgan fingerprint density at radius 3 is 2.54 bits per heavy atom. The molecule has 0 bridgehead atoms. The minimum Gasteiger partial charge on any atom is -0.467 e. The second-order valence-electron chi connectivity index (χ2n) is 5.12. The van der Waals surface area contributed by atoms with Gasteiger partial charge in [-0.05, 0) is 13.8 Å². The first-order valence-electron chi connectivity index (χ1n) is 7.62. The number of esters is 2. The van der Waals surface area contributed by atoms with E-state index in [9.17, 15) is 9.59 Å². The monoisotopic (exact) mass is 349 g/mol. The molecule has 0 aliphatic carbocycles. The van der Waals surface area contributed by atoms with Gasteiger partial charge < -0.3 is 14.8 Å². The molecule has 0 amide bonds. The first-order valence-corrected chi connectivity index (χ1v) is 8.39. The van der Waals surface area contributed by atoms with Gasteiger partial charge in [0.05, 0.1) is 13.7 Å². The molecule has 7 heteroatoms. The number of rotatable bonds is 6. The van der Waals surface area contributed by atoms with Crippen molar-refractivity contribution in [2.45, 2.75) is 26.8 Å². The summed E-state index contributed by atoms with van der Waals surface area (Å²) in [5.74, 6) is -0.817. The molecule has 0 unspecified atom stereocenters. The van der Waals surface area contributed by atoms with Crippen molar-refractivity contribution < 1.29 is 23.0 Å². The van der Waals surface area contributed by atoms with Gasteiger partial charge in [0, 0.05) is 19.1 Å². The van der Waals surface area contributed by atoms with Crippen molar-refractivity contribution in [3.05, 3.63) is 41.6 Å². The van der Waals surface area contributed by atoms with Gasteiger partial charge in [0.15, 0.2) is 22.1 Å². The van der Waals surface area contributed by atoms with Crippen LogP contribution in [0.5, 0.6) is 0 Å². The van der Waals surface area contributed by atoms with E-state index < -0.39 is 18.0 Å². The molecule has 6 nitrogen and oxygen atoms in total. The zero-order valence-electron chi connectivity index (χ0n) is 14.2. The standard InChI is InChI=1S/C17H20N2O4S/c1-5-23-17(21)14-12(3)19(13-9-7-6-8-10-13)24-15(14)18-11(2)16(20)22-4/h6-11H,5H2,1-4H3/p+1/t11-/m0/s1. The van der Waals surface area contributed by atoms with E-state index in [4.69, 9.17) is 9.47 Å². The normalized spacial score (nSPS) is 11.7. The number of aromatic nitrogens is 1. The number of carbonyl (C=O) groups excluding carboxylic acids is 2. The van der Waals surface area contributed by atoms with Crippen LogP contribution >= 0.6 is 11.5 Å². The maximum atomic E-state index is 12.4. The Morgan fingerprint density at radius 1 is 1.29 bits per heavy atom. The molecule has 0 spiro atoms. The van der Waals surface area contributed by atoms with Crippen LogP contribution in [0.3, 0.4) is 0 Å². The number of hydrogen-bond donors (Lipinski definition) is 1. The molecule has 0 saturated carbocycles. The van der Waals surface area contributed by atoms with Crippen LogP contribution in [0, 0.1) is 6.92 Å². The highest BCUT2D eigenvalue weighted by Crippen LogP contribution is 2.26. The van der Waals surface area contributed by atoms with E-state index in [1.54, 1.807) is 13.8 Å². The molecule has 1 aromatic heterocycles. The quantitative estimate of drug-likeness (QED) is 0.641. The van der Waals surface area contributed by atoms with Crippen LogP contribution in [0.4, 0.5) is 5.00 Å². The fraction of sp³-hybridized carbons (Fsp3) is 0.353. The van der Waals surface area contributed by atoms with E-state index in [0.717, 1.165) is 11.4 Å². The lowest BCUT2D eigenvalue weighted by Gasteiger charge is -2.10. The second-order valence-corrected chi connectivity index (χ2v) is 6.08. The number of nitrogens with zero attached hydrogens (tertiary/aromatic N) is 1. The highest BCUT2D eigenvalue weighted by Gasteiger charge is 2.32. The zero-order valence-corrected chi connectivity index (χ0v) is 15.0. The van der Waals surface area contributed by atoms with E-state index in [2.05, 4.69) is 5.32 Å². The largest absolute Gasteiger partial charge is 0.467 e. The van der Waals surface area contributed by atoms with Crippen LogP contribution in [-0.2, 0) is 14.3 Å². The van der Waals surface area contributed by atoms with E-state index >= 15 is 0 Å². The Labute approximate surface area is 145 Å². The number of para-hydroxylation sites is 1. The van der Waals surface area contributed by atoms with Crippen molar-refractivity contribution in [1.82, 2.24) is 0 Å². The number of benzene rings is 1. The lowest BCUT2D eigenvalue weighted by atomic mass is 10.2. The first-order chi connectivity index (χ1) is 11.5. The highest BCUT2D eigenvalue weighted by molar-refractivity contribution is 7.07. The fourth-order valence-electron chi connectivity index (χ4n) is 2.26. The number of methoxy groups -OCH3 is 1. The second kappa shape index (κ2) is 7.92. The lowest BCUT2D eigenvalue weighted by Crippen LogP contribution is -2.29. The number of nitrogens with one attached hydrogen (secondary N) is 1. The minimum absolute atomic E-state index is 0.283. The van der Waals surface area contributed by atoms with Crippen LogP contribution in [0.15, 0.2) is 30.3 Å². The summed E-state index contributed by atoms with van der Waals surface area (Å²) in [6.07, 6.45) is 0. The van der Waals surface area contributed by atoms with Gasteiger partial charge >= 0.3 is 11.9 Å². The Bertz CT molecular complexity index is 728. The Kier molecular flexibility index (Phi) is 5.92. The van der Waals surface area contributed by atoms with Crippen molar-refractivity contribution in [2.75, 3.05) is 19.0 Å². The topological polar surface area (TPSA) is 68.5 Å². The third kappa shape index (κ3) is 3.73. The Hall–Kier alpha value is -2.41. The van der Waals surface area contributed by atoms with Gasteiger partial charge in [-0.25, -0.2) is 9.59 Å². The van der Waals surface area contributed by atoms with Crippen LogP contribution in [0.25, 0.3) is 5.69 Å². The summed E-state index contributed by atoms with van der Waals surface area (Å²) >= 11 is 1.35. The molecule has 1 N–H and O–H groups in total. The third-order valence-electron chi connectivity index (χ3n) is 3.45. The molecular weight excluding hydrogens is 328 g/mol. The Balaban J connectivity index is 2.47. The molecule has 1 aromatic carbocycles. The molecule has 128 valence electrons. The summed E-state index contributed by atoms with van der Waals surface area (Å²) in [6, 6.07) is 9.10. The molecule has 2 rings (SSSR count). The van der Waals surface area contributed by atoms with Crippen LogP contribution in [0.2, 0.25) is 0 Å². The third-order valence-corrected chi connectivity index (χ3v) is 4.62. The van der Waals surface area contributed by atoms with Gasteiger partial charge in [0.25, 0.3) is 0 Å². The molecule has 2 aromatic rings. The van der Waals surface area contributed by atoms with Crippen molar-refractivity contribution in [3.63, 3.8) is 0 Å². The zero-order chi connectivity index (χ0) is 17.7. The number of ether oxygens (including phenoxy) is 2. The molecule has 24 heavy (non-hydrogen) atoms. The fourth-order valence-corrected chi connectivity index (χ4v) is 3.45. The van der Waals surface area contributed by atoms with Crippen LogP contribution < -0.4 is 9.27 Å². The minimum atomic E-state index is -0.578. The van der Waals surface area contributed by atoms with Crippen LogP contribution in [0.1, 0.15) is 29.9 Å². The van der Waals surface area contributed by atoms with Gasteiger partial charge in [-0.2, -0.15) is 0 Å². The number of hydrogen-bond acceptors (Lipinski definition) is 6. The van der Waals surface area contributed by atoms with Crippen molar-refractivity contribution in [1.29, 1.82) is 0 Å². The molecular formula is C17H21N2O4S+. The first kappa shape index (κ1) is 17.9. The van der Waals surface area contributed by atoms with Crippen molar-refractivity contribution >= 4 is 28.5 Å². The van der Waals surface area contributed by atoms with Gasteiger partial charge in [-0.15, -0.1) is 0 Å². The van der Waals surface area contributed by atoms with E-state index in [-0.39, 0.29) is 6.61 Å². The molecule has 0 aliphatic rings. The van der Waals surface area contributed by atoms with Crippen molar-refractivity contribution in [3.8, 4) is 5.69 Å². The average molecular weight is 349 g/mol. The smallest absolute Gasteiger partial charge is 0.347 e. The number of anilines is 1. The van der Waals surface area contributed by atoms with Crippen LogP contribution in [-0.4, -0.2) is 31.7 Å². The van der Waals surface area contributed by atoms with Gasteiger partial charge in [-0.1, -0.05) is 22.2 Å². The van der Waals surface area contributed by atoms with Crippen molar-refractivity contribution in [2.24, 2.45) is 0 Å². The molecule has 0 aliphatic heterocycles. The molecule has 0 saturated heterocycles. The summed E-state index contributed by atoms with van der Waals surface area (Å²) in [4.78, 5) is 24.0. The van der Waals surface area contributed by atoms with Gasteiger partial charge in [0.2, 0.25) is 11.4 Å². The molecule has 1 atom stereocenters. The summed E-state index contributed by atoms with van der Waals surface area (Å²) in [5, 5.41) is 3.63. The van der Waals surface area contributed by atoms with E-state index in [1.165, 1.54) is 18.6 Å². The maximum Gasteiger partial charge on any atom is 0.347 e. The van der Waals surface area contributed by atoms with Gasteiger partial charge in [0.1, 0.15) is 6.04 Å². The molecule has 0 fully saturated rings. The molecule has 0 radical (unpaired) electrons. The summed E-state index contributed by atoms with van der Waals surface area (Å²) in [5.41, 5.74) is 2.12. The molecule has 1 heterocycles. The average Bonchev–Trinajstić information content (AvgIpc) is 2.91. The number of carbonyl (C=O) groups is 2. The SMILES string of the molecule is CCOC(=O)c1c(N[C@@H](C)C(=O)OC)s[n+](-c2ccccc2)c1C. The van der Waals surface area contributed by atoms with E-state index in [0.29, 0.717) is 10.6 Å². The predicted molar refractivity (Wildman–Crippen MR) is 91.6 cm³/mol. The summed E-state index contributed by atoms with van der Waals surface area (Å²) in [6.45, 7) is 5.58. The Morgan fingerprint density at radius 2 is 1.96 bits per heavy atom. The van der Waals surface area contributed by atoms with Gasteiger partial charge in [-0.3, -0.25) is 0 Å². The maximum absolute atomic E-state index is 12.4. The predicted octanol–water partition coefficient (Wildman–Crippen LogP) is 2.48.